The van der Waals surface area contributed by atoms with Crippen molar-refractivity contribution in [1.29, 1.82) is 0 Å². The highest BCUT2D eigenvalue weighted by molar-refractivity contribution is 6.32. The summed E-state index contributed by atoms with van der Waals surface area (Å²) in [5.74, 6) is -0.550. The van der Waals surface area contributed by atoms with Crippen LogP contribution in [0.25, 0.3) is 6.08 Å². The molecule has 0 saturated carbocycles. The molecule has 0 aliphatic carbocycles. The number of aliphatic hydroxyl groups is 1. The fourth-order valence-electron chi connectivity index (χ4n) is 2.94. The average Bonchev–Trinajstić information content (AvgIpc) is 2.97. The van der Waals surface area contributed by atoms with E-state index in [-0.39, 0.29) is 11.5 Å². The van der Waals surface area contributed by atoms with Gasteiger partial charge in [-0.2, -0.15) is 0 Å². The molecule has 1 aliphatic rings. The van der Waals surface area contributed by atoms with Crippen LogP contribution in [0, 0.1) is 0 Å². The number of benzene rings is 1. The van der Waals surface area contributed by atoms with Crippen LogP contribution in [0.4, 0.5) is 4.79 Å². The molecule has 1 N–H and O–H groups in total. The maximum absolute atomic E-state index is 12.6. The highest BCUT2D eigenvalue weighted by Crippen LogP contribution is 2.33. The van der Waals surface area contributed by atoms with Gasteiger partial charge in [-0.15, -0.1) is 0 Å². The van der Waals surface area contributed by atoms with E-state index in [4.69, 9.17) is 16.3 Å². The van der Waals surface area contributed by atoms with E-state index >= 15 is 0 Å². The van der Waals surface area contributed by atoms with E-state index in [9.17, 15) is 14.7 Å². The zero-order valence-corrected chi connectivity index (χ0v) is 15.4. The summed E-state index contributed by atoms with van der Waals surface area (Å²) in [5.41, 5.74) is 1.37. The molecular weight excluding hydrogens is 368 g/mol. The Hall–Kier alpha value is -2.70. The van der Waals surface area contributed by atoms with E-state index in [0.29, 0.717) is 5.69 Å². The minimum Gasteiger partial charge on any atom is -0.439 e. The first-order valence-corrected chi connectivity index (χ1v) is 8.89. The van der Waals surface area contributed by atoms with Gasteiger partial charge in [0.1, 0.15) is 6.10 Å². The van der Waals surface area contributed by atoms with Gasteiger partial charge in [-0.3, -0.25) is 9.78 Å². The number of rotatable bonds is 5. The number of pyridine rings is 1. The molecule has 0 unspecified atom stereocenters. The van der Waals surface area contributed by atoms with Gasteiger partial charge in [0.15, 0.2) is 0 Å². The number of halogens is 1. The summed E-state index contributed by atoms with van der Waals surface area (Å²) in [5, 5.41) is 10.3. The van der Waals surface area contributed by atoms with Gasteiger partial charge in [-0.05, 0) is 30.7 Å². The maximum atomic E-state index is 12.6. The molecule has 7 heteroatoms. The molecule has 27 heavy (non-hydrogen) atoms. The molecule has 3 atom stereocenters. The van der Waals surface area contributed by atoms with Crippen molar-refractivity contribution in [2.75, 3.05) is 0 Å². The van der Waals surface area contributed by atoms with E-state index in [1.165, 1.54) is 6.08 Å². The Morgan fingerprint density at radius 3 is 2.67 bits per heavy atom. The van der Waals surface area contributed by atoms with E-state index in [0.717, 1.165) is 10.5 Å². The lowest BCUT2D eigenvalue weighted by molar-refractivity contribution is -0.130. The van der Waals surface area contributed by atoms with Crippen LogP contribution < -0.4 is 0 Å². The predicted octanol–water partition coefficient (Wildman–Crippen LogP) is 3.52. The van der Waals surface area contributed by atoms with Crippen LogP contribution in [0.1, 0.15) is 30.7 Å². The maximum Gasteiger partial charge on any atom is 0.417 e. The molecular formula is C20H19ClN2O4. The van der Waals surface area contributed by atoms with Gasteiger partial charge < -0.3 is 9.84 Å². The van der Waals surface area contributed by atoms with Gasteiger partial charge in [0.25, 0.3) is 0 Å². The fourth-order valence-corrected chi connectivity index (χ4v) is 3.13. The second-order valence-corrected chi connectivity index (χ2v) is 6.66. The first kappa shape index (κ1) is 19.1. The molecule has 6 nitrogen and oxygen atoms in total. The molecule has 140 valence electrons. The number of nitrogens with zero attached hydrogens (tertiary/aromatic N) is 2. The summed E-state index contributed by atoms with van der Waals surface area (Å²) in [6, 6.07) is 14.0. The zero-order valence-electron chi connectivity index (χ0n) is 14.7. The van der Waals surface area contributed by atoms with Crippen LogP contribution in [0.15, 0.2) is 59.8 Å². The molecule has 1 aromatic heterocycles. The number of hydrogen-bond donors (Lipinski definition) is 1. The average molecular weight is 387 g/mol. The van der Waals surface area contributed by atoms with Gasteiger partial charge in [-0.1, -0.05) is 48.0 Å². The lowest BCUT2D eigenvalue weighted by atomic mass is 10.0. The van der Waals surface area contributed by atoms with E-state index < -0.39 is 30.3 Å². The Morgan fingerprint density at radius 2 is 2.00 bits per heavy atom. The molecule has 1 saturated heterocycles. The van der Waals surface area contributed by atoms with Gasteiger partial charge in [0, 0.05) is 11.2 Å². The molecule has 1 aliphatic heterocycles. The minimum absolute atomic E-state index is 0.0712. The van der Waals surface area contributed by atoms with Crippen LogP contribution >= 0.6 is 11.6 Å². The molecule has 1 fully saturated rings. The number of carbonyl (C=O) groups excluding carboxylic acids is 2. The zero-order chi connectivity index (χ0) is 19.4. The smallest absolute Gasteiger partial charge is 0.417 e. The fraction of sp³-hybridized carbons (Fsp3) is 0.250. The molecule has 2 aromatic rings. The Bertz CT molecular complexity index is 842. The third-order valence-corrected chi connectivity index (χ3v) is 4.69. The standard InChI is InChI=1S/C20H19ClN2O4/c1-13-19(14-7-3-2-4-8-14)27-20(26)23(13)18(25)12-17(24)16(21)11-15-9-5-6-10-22-15/h2-11,13,17,19,24H,12H2,1H3/t13-,17+,19-/m0/s1. The molecule has 0 bridgehead atoms. The summed E-state index contributed by atoms with van der Waals surface area (Å²) in [4.78, 5) is 29.9. The Labute approximate surface area is 162 Å². The van der Waals surface area contributed by atoms with Crippen molar-refractivity contribution in [3.05, 3.63) is 71.0 Å². The summed E-state index contributed by atoms with van der Waals surface area (Å²) in [6.07, 6.45) is 0.245. The first-order chi connectivity index (χ1) is 13.0. The van der Waals surface area contributed by atoms with Crippen molar-refractivity contribution in [2.24, 2.45) is 0 Å². The molecule has 3 rings (SSSR count). The molecule has 0 spiro atoms. The monoisotopic (exact) mass is 386 g/mol. The number of imide groups is 1. The summed E-state index contributed by atoms with van der Waals surface area (Å²) >= 11 is 6.10. The summed E-state index contributed by atoms with van der Waals surface area (Å²) in [6.45, 7) is 1.73. The predicted molar refractivity (Wildman–Crippen MR) is 101 cm³/mol. The third-order valence-electron chi connectivity index (χ3n) is 4.33. The van der Waals surface area contributed by atoms with Crippen molar-refractivity contribution in [1.82, 2.24) is 9.88 Å². The highest BCUT2D eigenvalue weighted by Gasteiger charge is 2.43. The topological polar surface area (TPSA) is 79.7 Å². The van der Waals surface area contributed by atoms with Crippen molar-refractivity contribution in [2.45, 2.75) is 31.6 Å². The molecule has 1 aromatic carbocycles. The largest absolute Gasteiger partial charge is 0.439 e. The van der Waals surface area contributed by atoms with E-state index in [1.54, 1.807) is 31.3 Å². The van der Waals surface area contributed by atoms with Crippen molar-refractivity contribution in [3.63, 3.8) is 0 Å². The van der Waals surface area contributed by atoms with E-state index in [2.05, 4.69) is 4.98 Å². The second-order valence-electron chi connectivity index (χ2n) is 6.22. The minimum atomic E-state index is -1.24. The first-order valence-electron chi connectivity index (χ1n) is 8.51. The van der Waals surface area contributed by atoms with E-state index in [1.807, 2.05) is 30.3 Å². The number of aromatic nitrogens is 1. The number of amides is 2. The quantitative estimate of drug-likeness (QED) is 0.850. The number of cyclic esters (lactones) is 1. The van der Waals surface area contributed by atoms with Crippen LogP contribution in [-0.4, -0.2) is 39.1 Å². The Kier molecular flexibility index (Phi) is 5.88. The van der Waals surface area contributed by atoms with Crippen molar-refractivity contribution < 1.29 is 19.4 Å². The number of hydrogen-bond acceptors (Lipinski definition) is 5. The van der Waals surface area contributed by atoms with Crippen molar-refractivity contribution in [3.8, 4) is 0 Å². The van der Waals surface area contributed by atoms with Crippen molar-refractivity contribution >= 4 is 29.7 Å². The van der Waals surface area contributed by atoms with Gasteiger partial charge in [-0.25, -0.2) is 9.69 Å². The molecule has 2 amide bonds. The molecule has 2 heterocycles. The van der Waals surface area contributed by atoms with Crippen LogP contribution in [-0.2, 0) is 9.53 Å². The lowest BCUT2D eigenvalue weighted by Gasteiger charge is -2.20. The Morgan fingerprint density at radius 1 is 1.30 bits per heavy atom. The van der Waals surface area contributed by atoms with Gasteiger partial charge in [0.05, 0.1) is 24.3 Å². The number of aliphatic hydroxyl groups excluding tert-OH is 1. The lowest BCUT2D eigenvalue weighted by Crippen LogP contribution is -2.39. The highest BCUT2D eigenvalue weighted by atomic mass is 35.5. The van der Waals surface area contributed by atoms with Gasteiger partial charge in [0.2, 0.25) is 5.91 Å². The van der Waals surface area contributed by atoms with Crippen LogP contribution in [0.3, 0.4) is 0 Å². The SMILES string of the molecule is C[C@H]1[C@@H](c2ccccc2)OC(=O)N1C(=O)C[C@@H](O)C(Cl)=Cc1ccccn1. The second kappa shape index (κ2) is 8.33. The third kappa shape index (κ3) is 4.35. The van der Waals surface area contributed by atoms with Gasteiger partial charge >= 0.3 is 6.09 Å². The summed E-state index contributed by atoms with van der Waals surface area (Å²) in [7, 11) is 0. The normalized spacial score (nSPS) is 21.1. The Balaban J connectivity index is 1.68. The van der Waals surface area contributed by atoms with Crippen LogP contribution in [0.5, 0.6) is 0 Å². The number of carbonyl (C=O) groups is 2. The number of ether oxygens (including phenoxy) is 1. The molecule has 0 radical (unpaired) electrons. The van der Waals surface area contributed by atoms with Crippen LogP contribution in [0.2, 0.25) is 0 Å². The summed E-state index contributed by atoms with van der Waals surface area (Å²) < 4.78 is 5.36.